The summed E-state index contributed by atoms with van der Waals surface area (Å²) in [6.45, 7) is 23.5. The lowest BCUT2D eigenvalue weighted by Crippen LogP contribution is -2.61. The Morgan fingerprint density at radius 2 is 1.33 bits per heavy atom. The van der Waals surface area contributed by atoms with Crippen LogP contribution in [0.4, 0.5) is 34.1 Å². The molecule has 3 aliphatic rings. The maximum atomic E-state index is 7.38. The minimum Gasteiger partial charge on any atom is -0.468 e. The van der Waals surface area contributed by atoms with Gasteiger partial charge in [0.25, 0.3) is 6.71 Å². The van der Waals surface area contributed by atoms with Crippen LogP contribution in [-0.2, 0) is 16.2 Å². The molecule has 52 heavy (non-hydrogen) atoms. The highest BCUT2D eigenvalue weighted by Gasteiger charge is 2.48. The first kappa shape index (κ1) is 33.2. The summed E-state index contributed by atoms with van der Waals surface area (Å²) >= 11 is 0. The molecule has 5 aromatic carbocycles. The molecule has 0 N–H and O–H groups in total. The van der Waals surface area contributed by atoms with Gasteiger partial charge in [0.2, 0.25) is 0 Å². The molecule has 3 heterocycles. The summed E-state index contributed by atoms with van der Waals surface area (Å²) in [7, 11) is 0. The van der Waals surface area contributed by atoms with Crippen LogP contribution in [-0.4, -0.2) is 6.71 Å². The number of nitrogens with zero attached hydrogens (tertiary/aromatic N) is 2. The summed E-state index contributed by atoms with van der Waals surface area (Å²) in [6.07, 6.45) is 2.34. The molecule has 0 bridgehead atoms. The highest BCUT2D eigenvalue weighted by molar-refractivity contribution is 7.00. The average Bonchev–Trinajstić information content (AvgIpc) is 3.48. The van der Waals surface area contributed by atoms with Gasteiger partial charge < -0.3 is 14.2 Å². The Balaban J connectivity index is 1.45. The van der Waals surface area contributed by atoms with E-state index in [0.29, 0.717) is 5.92 Å². The number of hydrogen-bond donors (Lipinski definition) is 0. The van der Waals surface area contributed by atoms with Crippen LogP contribution in [0, 0.1) is 6.92 Å². The van der Waals surface area contributed by atoms with Gasteiger partial charge in [-0.2, -0.15) is 0 Å². The van der Waals surface area contributed by atoms with E-state index in [1.165, 1.54) is 85.4 Å². The molecule has 0 saturated heterocycles. The molecule has 0 fully saturated rings. The zero-order valence-corrected chi connectivity index (χ0v) is 32.6. The minimum absolute atomic E-state index is 0.00913. The van der Waals surface area contributed by atoms with Crippen molar-refractivity contribution in [2.75, 3.05) is 9.80 Å². The average molecular weight is 683 g/mol. The van der Waals surface area contributed by atoms with Gasteiger partial charge in [0, 0.05) is 33.8 Å². The smallest absolute Gasteiger partial charge is 0.297 e. The molecule has 0 atom stereocenters. The van der Waals surface area contributed by atoms with E-state index in [4.69, 9.17) is 4.42 Å². The summed E-state index contributed by atoms with van der Waals surface area (Å²) in [5.74, 6) is 0.346. The molecule has 4 heteroatoms. The van der Waals surface area contributed by atoms with E-state index in [1.807, 2.05) is 0 Å². The maximum absolute atomic E-state index is 7.38. The molecule has 0 saturated carbocycles. The number of furan rings is 1. The van der Waals surface area contributed by atoms with Crippen molar-refractivity contribution in [3.05, 3.63) is 125 Å². The Morgan fingerprint density at radius 3 is 1.98 bits per heavy atom. The zero-order chi connectivity index (χ0) is 36.5. The van der Waals surface area contributed by atoms with Crippen LogP contribution < -0.4 is 26.4 Å². The lowest BCUT2D eigenvalue weighted by Gasteiger charge is -2.44. The summed E-state index contributed by atoms with van der Waals surface area (Å²) < 4.78 is 7.38. The van der Waals surface area contributed by atoms with Crippen LogP contribution in [0.3, 0.4) is 0 Å². The van der Waals surface area contributed by atoms with Crippen LogP contribution in [0.5, 0.6) is 0 Å². The van der Waals surface area contributed by atoms with Gasteiger partial charge in [-0.15, -0.1) is 0 Å². The van der Waals surface area contributed by atoms with Crippen molar-refractivity contribution in [3.8, 4) is 0 Å². The first-order valence-electron chi connectivity index (χ1n) is 19.3. The van der Waals surface area contributed by atoms with Gasteiger partial charge in [0.05, 0.1) is 11.3 Å². The molecule has 9 rings (SSSR count). The SMILES string of the molecule is Cc1ccccc1N1c2ccc(C(C)(C)C)cc2B2c3oc4cc5c(cc4c3N(c3ccccc3)c3cc(C(C)C)cc1c32)C(C)(C)CCC5(C)C. The summed E-state index contributed by atoms with van der Waals surface area (Å²) in [5, 5.41) is 1.21. The zero-order valence-electron chi connectivity index (χ0n) is 32.6. The molecular formula is C48H51BN2O. The number of para-hydroxylation sites is 2. The Hall–Kier alpha value is -4.70. The van der Waals surface area contributed by atoms with E-state index in [9.17, 15) is 0 Å². The van der Waals surface area contributed by atoms with Crippen molar-refractivity contribution in [2.24, 2.45) is 0 Å². The minimum atomic E-state index is -0.0656. The maximum Gasteiger partial charge on any atom is 0.297 e. The molecule has 0 radical (unpaired) electrons. The van der Waals surface area contributed by atoms with Crippen molar-refractivity contribution in [1.82, 2.24) is 0 Å². The quantitative estimate of drug-likeness (QED) is 0.173. The summed E-state index contributed by atoms with van der Waals surface area (Å²) in [4.78, 5) is 5.07. The fraction of sp³-hybridized carbons (Fsp3) is 0.333. The first-order valence-corrected chi connectivity index (χ1v) is 19.3. The van der Waals surface area contributed by atoms with Crippen molar-refractivity contribution >= 4 is 68.4 Å². The second-order valence-electron chi connectivity index (χ2n) is 18.4. The van der Waals surface area contributed by atoms with Gasteiger partial charge in [-0.25, -0.2) is 0 Å². The predicted molar refractivity (Wildman–Crippen MR) is 223 cm³/mol. The van der Waals surface area contributed by atoms with Crippen LogP contribution in [0.1, 0.15) is 109 Å². The number of hydrogen-bond acceptors (Lipinski definition) is 3. The van der Waals surface area contributed by atoms with Gasteiger partial charge in [0.15, 0.2) is 0 Å². The number of fused-ring (bicyclic) bond motifs is 7. The van der Waals surface area contributed by atoms with Crippen LogP contribution in [0.15, 0.2) is 101 Å². The van der Waals surface area contributed by atoms with E-state index < -0.39 is 0 Å². The fourth-order valence-electron chi connectivity index (χ4n) is 9.29. The van der Waals surface area contributed by atoms with E-state index >= 15 is 0 Å². The molecule has 0 unspecified atom stereocenters. The van der Waals surface area contributed by atoms with Gasteiger partial charge >= 0.3 is 0 Å². The molecule has 1 aromatic heterocycles. The van der Waals surface area contributed by atoms with E-state index in [1.54, 1.807) is 0 Å². The Morgan fingerprint density at radius 1 is 0.692 bits per heavy atom. The van der Waals surface area contributed by atoms with Gasteiger partial charge in [0.1, 0.15) is 5.58 Å². The van der Waals surface area contributed by atoms with Gasteiger partial charge in [-0.1, -0.05) is 111 Å². The lowest BCUT2D eigenvalue weighted by molar-refractivity contribution is 0.332. The normalized spacial score (nSPS) is 16.9. The van der Waals surface area contributed by atoms with Crippen molar-refractivity contribution < 1.29 is 4.42 Å². The second kappa shape index (κ2) is 11.2. The van der Waals surface area contributed by atoms with Crippen molar-refractivity contribution in [1.29, 1.82) is 0 Å². The molecule has 0 amide bonds. The fourth-order valence-corrected chi connectivity index (χ4v) is 9.29. The van der Waals surface area contributed by atoms with Crippen molar-refractivity contribution in [2.45, 2.75) is 104 Å². The monoisotopic (exact) mass is 682 g/mol. The highest BCUT2D eigenvalue weighted by Crippen LogP contribution is 2.52. The molecule has 6 aromatic rings. The summed E-state index contributed by atoms with van der Waals surface area (Å²) in [6, 6.07) is 36.9. The number of benzene rings is 5. The Kier molecular flexibility index (Phi) is 7.11. The third-order valence-corrected chi connectivity index (χ3v) is 12.6. The second-order valence-corrected chi connectivity index (χ2v) is 18.4. The van der Waals surface area contributed by atoms with Crippen LogP contribution >= 0.6 is 0 Å². The molecular weight excluding hydrogens is 631 g/mol. The standard InChI is InChI=1S/C48H51BN2O/c1-29(2)31-24-40-43-41(25-31)51(38-19-15-14-16-30(38)3)39-21-20-32(46(4,5)6)26-37(39)49(43)45-44(50(40)33-17-12-11-13-18-33)34-27-35-36(28-42(34)52-45)48(9,10)23-22-47(35,7)8/h11-21,24-29H,22-23H2,1-10H3. The van der Waals surface area contributed by atoms with E-state index in [0.717, 1.165) is 16.9 Å². The molecule has 3 nitrogen and oxygen atoms in total. The largest absolute Gasteiger partial charge is 0.468 e. The summed E-state index contributed by atoms with van der Waals surface area (Å²) in [5.41, 5.74) is 18.9. The van der Waals surface area contributed by atoms with Gasteiger partial charge in [-0.05, 0) is 129 Å². The van der Waals surface area contributed by atoms with Crippen LogP contribution in [0.25, 0.3) is 11.0 Å². The van der Waals surface area contributed by atoms with Crippen LogP contribution in [0.2, 0.25) is 0 Å². The van der Waals surface area contributed by atoms with E-state index in [-0.39, 0.29) is 23.0 Å². The van der Waals surface area contributed by atoms with Gasteiger partial charge in [-0.3, -0.25) is 0 Å². The third kappa shape index (κ3) is 4.79. The Bertz CT molecular complexity index is 2410. The highest BCUT2D eigenvalue weighted by atomic mass is 16.3. The molecule has 0 spiro atoms. The topological polar surface area (TPSA) is 19.6 Å². The molecule has 2 aliphatic heterocycles. The predicted octanol–water partition coefficient (Wildman–Crippen LogP) is 11.6. The van der Waals surface area contributed by atoms with E-state index in [2.05, 4.69) is 176 Å². The molecule has 1 aliphatic carbocycles. The first-order chi connectivity index (χ1) is 24.7. The third-order valence-electron chi connectivity index (χ3n) is 12.6. The number of aryl methyl sites for hydroxylation is 1. The Labute approximate surface area is 310 Å². The number of anilines is 6. The number of rotatable bonds is 3. The molecule has 262 valence electrons. The van der Waals surface area contributed by atoms with Crippen molar-refractivity contribution in [3.63, 3.8) is 0 Å². The lowest BCUT2D eigenvalue weighted by atomic mass is 9.35.